The van der Waals surface area contributed by atoms with E-state index in [1.165, 1.54) is 20.3 Å². The predicted octanol–water partition coefficient (Wildman–Crippen LogP) is 3.30. The van der Waals surface area contributed by atoms with Crippen LogP contribution < -0.4 is 19.7 Å². The molecule has 0 unspecified atom stereocenters. The second-order valence-corrected chi connectivity index (χ2v) is 6.82. The summed E-state index contributed by atoms with van der Waals surface area (Å²) in [5.41, 5.74) is 3.45. The Balaban J connectivity index is 2.07. The number of benzene rings is 2. The number of amides is 4. The van der Waals surface area contributed by atoms with Crippen molar-refractivity contribution in [2.75, 3.05) is 19.1 Å². The monoisotopic (exact) mass is 394 g/mol. The lowest BCUT2D eigenvalue weighted by atomic mass is 10.0. The van der Waals surface area contributed by atoms with Crippen molar-refractivity contribution in [3.63, 3.8) is 0 Å². The largest absolute Gasteiger partial charge is 0.493 e. The van der Waals surface area contributed by atoms with E-state index in [9.17, 15) is 14.4 Å². The first kappa shape index (κ1) is 20.1. The highest BCUT2D eigenvalue weighted by Crippen LogP contribution is 2.31. The van der Waals surface area contributed by atoms with Crippen LogP contribution in [0.5, 0.6) is 11.5 Å². The fourth-order valence-electron chi connectivity index (χ4n) is 3.49. The molecule has 2 aromatic carbocycles. The van der Waals surface area contributed by atoms with Gasteiger partial charge >= 0.3 is 6.03 Å². The second-order valence-electron chi connectivity index (χ2n) is 6.82. The number of nitrogens with one attached hydrogen (secondary N) is 1. The molecule has 1 saturated heterocycles. The van der Waals surface area contributed by atoms with Crippen molar-refractivity contribution >= 4 is 29.6 Å². The van der Waals surface area contributed by atoms with Gasteiger partial charge in [-0.05, 0) is 55.7 Å². The van der Waals surface area contributed by atoms with Crippen LogP contribution in [0.15, 0.2) is 35.9 Å². The van der Waals surface area contributed by atoms with Crippen molar-refractivity contribution in [3.8, 4) is 11.5 Å². The van der Waals surface area contributed by atoms with Crippen LogP contribution in [0, 0.1) is 20.8 Å². The summed E-state index contributed by atoms with van der Waals surface area (Å²) in [4.78, 5) is 39.0. The third kappa shape index (κ3) is 3.71. The highest BCUT2D eigenvalue weighted by atomic mass is 16.5. The number of anilines is 1. The lowest BCUT2D eigenvalue weighted by Crippen LogP contribution is -2.54. The van der Waals surface area contributed by atoms with Gasteiger partial charge in [-0.1, -0.05) is 23.8 Å². The quantitative estimate of drug-likeness (QED) is 0.635. The molecule has 7 heteroatoms. The number of rotatable bonds is 4. The fraction of sp³-hybridized carbons (Fsp3) is 0.227. The van der Waals surface area contributed by atoms with Gasteiger partial charge in [0.15, 0.2) is 11.5 Å². The van der Waals surface area contributed by atoms with Crippen molar-refractivity contribution < 1.29 is 23.9 Å². The molecule has 1 fully saturated rings. The molecule has 0 radical (unpaired) electrons. The van der Waals surface area contributed by atoms with Crippen LogP contribution in [0.1, 0.15) is 22.3 Å². The number of carbonyl (C=O) groups is 3. The standard InChI is InChI=1S/C22H22N2O5/c1-12-8-13(2)19(14(3)9-12)24-21(26)16(20(25)23-22(24)27)10-15-6-7-17(28-4)18(11-15)29-5/h6-11H,1-5H3,(H,23,25,27)/b16-10-. The van der Waals surface area contributed by atoms with Gasteiger partial charge in [-0.2, -0.15) is 0 Å². The molecule has 150 valence electrons. The van der Waals surface area contributed by atoms with Gasteiger partial charge in [0.2, 0.25) is 0 Å². The summed E-state index contributed by atoms with van der Waals surface area (Å²) in [6.45, 7) is 5.59. The molecular formula is C22H22N2O5. The zero-order valence-corrected chi connectivity index (χ0v) is 17.0. The number of barbiturate groups is 1. The number of methoxy groups -OCH3 is 2. The van der Waals surface area contributed by atoms with E-state index in [4.69, 9.17) is 9.47 Å². The van der Waals surface area contributed by atoms with E-state index in [0.29, 0.717) is 22.7 Å². The molecule has 1 N–H and O–H groups in total. The van der Waals surface area contributed by atoms with Crippen molar-refractivity contribution in [2.24, 2.45) is 0 Å². The third-order valence-corrected chi connectivity index (χ3v) is 4.68. The maximum atomic E-state index is 13.1. The summed E-state index contributed by atoms with van der Waals surface area (Å²) in [6, 6.07) is 8.02. The van der Waals surface area contributed by atoms with E-state index in [2.05, 4.69) is 5.32 Å². The molecule has 0 aromatic heterocycles. The van der Waals surface area contributed by atoms with E-state index in [0.717, 1.165) is 21.6 Å². The number of imide groups is 2. The number of hydrogen-bond acceptors (Lipinski definition) is 5. The Morgan fingerprint density at radius 3 is 2.10 bits per heavy atom. The molecule has 7 nitrogen and oxygen atoms in total. The van der Waals surface area contributed by atoms with Crippen LogP contribution in [-0.4, -0.2) is 32.1 Å². The number of aryl methyl sites for hydroxylation is 3. The second kappa shape index (κ2) is 7.79. The summed E-state index contributed by atoms with van der Waals surface area (Å²) >= 11 is 0. The Hall–Kier alpha value is -3.61. The molecule has 1 heterocycles. The summed E-state index contributed by atoms with van der Waals surface area (Å²) in [7, 11) is 3.01. The minimum Gasteiger partial charge on any atom is -0.493 e. The average Bonchev–Trinajstić information content (AvgIpc) is 2.66. The number of hydrogen-bond donors (Lipinski definition) is 1. The van der Waals surface area contributed by atoms with Gasteiger partial charge in [0, 0.05) is 0 Å². The van der Waals surface area contributed by atoms with Crippen LogP contribution >= 0.6 is 0 Å². The van der Waals surface area contributed by atoms with Crippen LogP contribution in [0.3, 0.4) is 0 Å². The summed E-state index contributed by atoms with van der Waals surface area (Å²) in [5, 5.41) is 2.25. The Kier molecular flexibility index (Phi) is 5.41. The highest BCUT2D eigenvalue weighted by Gasteiger charge is 2.38. The fourth-order valence-corrected chi connectivity index (χ4v) is 3.49. The van der Waals surface area contributed by atoms with Crippen LogP contribution in [0.4, 0.5) is 10.5 Å². The molecule has 3 rings (SSSR count). The van der Waals surface area contributed by atoms with Gasteiger partial charge in [0.25, 0.3) is 11.8 Å². The van der Waals surface area contributed by atoms with Gasteiger partial charge in [-0.3, -0.25) is 14.9 Å². The average molecular weight is 394 g/mol. The summed E-state index contributed by atoms with van der Waals surface area (Å²) < 4.78 is 10.5. The van der Waals surface area contributed by atoms with Gasteiger partial charge in [-0.25, -0.2) is 9.69 Å². The SMILES string of the molecule is COc1ccc(/C=C2/C(=O)NC(=O)N(c3c(C)cc(C)cc3C)C2=O)cc1OC. The zero-order chi connectivity index (χ0) is 21.3. The van der Waals surface area contributed by atoms with E-state index in [1.54, 1.807) is 18.2 Å². The third-order valence-electron chi connectivity index (χ3n) is 4.68. The number of nitrogens with zero attached hydrogens (tertiary/aromatic N) is 1. The molecular weight excluding hydrogens is 372 g/mol. The van der Waals surface area contributed by atoms with Gasteiger partial charge < -0.3 is 9.47 Å². The number of carbonyl (C=O) groups excluding carboxylic acids is 3. The predicted molar refractivity (Wildman–Crippen MR) is 109 cm³/mol. The van der Waals surface area contributed by atoms with Crippen LogP contribution in [0.2, 0.25) is 0 Å². The molecule has 2 aromatic rings. The summed E-state index contributed by atoms with van der Waals surface area (Å²) in [6.07, 6.45) is 1.43. The Bertz CT molecular complexity index is 1030. The van der Waals surface area contributed by atoms with Crippen molar-refractivity contribution in [1.82, 2.24) is 5.32 Å². The van der Waals surface area contributed by atoms with Gasteiger partial charge in [0.1, 0.15) is 5.57 Å². The smallest absolute Gasteiger partial charge is 0.335 e. The molecule has 0 spiro atoms. The lowest BCUT2D eigenvalue weighted by molar-refractivity contribution is -0.122. The first-order chi connectivity index (χ1) is 13.8. The van der Waals surface area contributed by atoms with Crippen LogP contribution in [0.25, 0.3) is 6.08 Å². The molecule has 29 heavy (non-hydrogen) atoms. The van der Waals surface area contributed by atoms with E-state index >= 15 is 0 Å². The molecule has 4 amide bonds. The molecule has 0 atom stereocenters. The van der Waals surface area contributed by atoms with Crippen molar-refractivity contribution in [1.29, 1.82) is 0 Å². The first-order valence-electron chi connectivity index (χ1n) is 8.98. The molecule has 0 bridgehead atoms. The van der Waals surface area contributed by atoms with Gasteiger partial charge in [-0.15, -0.1) is 0 Å². The van der Waals surface area contributed by atoms with E-state index in [1.807, 2.05) is 32.9 Å². The van der Waals surface area contributed by atoms with Crippen molar-refractivity contribution in [2.45, 2.75) is 20.8 Å². The number of urea groups is 1. The molecule has 1 aliphatic heterocycles. The maximum absolute atomic E-state index is 13.1. The first-order valence-corrected chi connectivity index (χ1v) is 8.98. The highest BCUT2D eigenvalue weighted by molar-refractivity contribution is 6.39. The molecule has 1 aliphatic rings. The zero-order valence-electron chi connectivity index (χ0n) is 17.0. The number of ether oxygens (including phenoxy) is 2. The molecule has 0 saturated carbocycles. The van der Waals surface area contributed by atoms with E-state index in [-0.39, 0.29) is 5.57 Å². The van der Waals surface area contributed by atoms with Crippen LogP contribution in [-0.2, 0) is 9.59 Å². The van der Waals surface area contributed by atoms with Crippen molar-refractivity contribution in [3.05, 3.63) is 58.2 Å². The Morgan fingerprint density at radius 1 is 0.897 bits per heavy atom. The topological polar surface area (TPSA) is 84.9 Å². The maximum Gasteiger partial charge on any atom is 0.335 e. The minimum absolute atomic E-state index is 0.142. The van der Waals surface area contributed by atoms with E-state index < -0.39 is 17.8 Å². The Morgan fingerprint density at radius 2 is 1.52 bits per heavy atom. The normalized spacial score (nSPS) is 15.6. The minimum atomic E-state index is -0.764. The Labute approximate surface area is 168 Å². The summed E-state index contributed by atoms with van der Waals surface area (Å²) in [5.74, 6) is -0.433. The van der Waals surface area contributed by atoms with Gasteiger partial charge in [0.05, 0.1) is 19.9 Å². The lowest BCUT2D eigenvalue weighted by Gasteiger charge is -2.29. The molecule has 0 aliphatic carbocycles.